The van der Waals surface area contributed by atoms with Crippen LogP contribution in [0.5, 0.6) is 0 Å². The number of hydrogen-bond acceptors (Lipinski definition) is 4. The van der Waals surface area contributed by atoms with Crippen LogP contribution < -0.4 is 5.32 Å². The minimum Gasteiger partial charge on any atom is -0.353 e. The molecule has 1 atom stereocenters. The van der Waals surface area contributed by atoms with Crippen LogP contribution in [-0.4, -0.2) is 32.5 Å². The third-order valence-corrected chi connectivity index (χ3v) is 4.82. The first-order chi connectivity index (χ1) is 11.5. The lowest BCUT2D eigenvalue weighted by Gasteiger charge is -2.12. The normalized spacial score (nSPS) is 12.2. The number of nitrogens with one attached hydrogen (secondary N) is 1. The van der Waals surface area contributed by atoms with Crippen LogP contribution in [0.25, 0.3) is 11.4 Å². The number of hydrogen-bond donors (Lipinski definition) is 1. The highest BCUT2D eigenvalue weighted by molar-refractivity contribution is 7.99. The molecule has 0 aliphatic heterocycles. The van der Waals surface area contributed by atoms with Crippen LogP contribution in [0.15, 0.2) is 29.4 Å². The molecule has 0 aliphatic rings. The molecular weight excluding hydrogens is 344 g/mol. The summed E-state index contributed by atoms with van der Waals surface area (Å²) in [6.07, 6.45) is 2.05. The van der Waals surface area contributed by atoms with E-state index in [1.807, 2.05) is 42.7 Å². The molecule has 5 nitrogen and oxygen atoms in total. The second kappa shape index (κ2) is 9.08. The zero-order chi connectivity index (χ0) is 17.5. The molecule has 24 heavy (non-hydrogen) atoms. The van der Waals surface area contributed by atoms with Gasteiger partial charge < -0.3 is 9.88 Å². The van der Waals surface area contributed by atoms with Gasteiger partial charge in [0.25, 0.3) is 0 Å². The molecule has 1 heterocycles. The Morgan fingerprint density at radius 1 is 1.29 bits per heavy atom. The summed E-state index contributed by atoms with van der Waals surface area (Å²) >= 11 is 7.34. The average molecular weight is 367 g/mol. The summed E-state index contributed by atoms with van der Waals surface area (Å²) < 4.78 is 2.01. The third-order valence-electron chi connectivity index (χ3n) is 3.60. The molecule has 7 heteroatoms. The Morgan fingerprint density at radius 3 is 2.62 bits per heavy atom. The number of amides is 1. The van der Waals surface area contributed by atoms with Gasteiger partial charge >= 0.3 is 0 Å². The smallest absolute Gasteiger partial charge is 0.230 e. The van der Waals surface area contributed by atoms with Crippen molar-refractivity contribution in [3.63, 3.8) is 0 Å². The van der Waals surface area contributed by atoms with E-state index in [0.29, 0.717) is 10.8 Å². The molecule has 130 valence electrons. The van der Waals surface area contributed by atoms with E-state index in [1.165, 1.54) is 11.8 Å². The second-order valence-electron chi connectivity index (χ2n) is 5.60. The summed E-state index contributed by atoms with van der Waals surface area (Å²) in [5, 5.41) is 12.9. The number of thioether (sulfide) groups is 1. The van der Waals surface area contributed by atoms with Crippen LogP contribution >= 0.6 is 23.4 Å². The molecule has 2 aromatic rings. The lowest BCUT2D eigenvalue weighted by Crippen LogP contribution is -2.33. The maximum absolute atomic E-state index is 12.0. The molecule has 1 aromatic carbocycles. The molecule has 0 saturated heterocycles. The summed E-state index contributed by atoms with van der Waals surface area (Å²) in [5.41, 5.74) is 0.960. The monoisotopic (exact) mass is 366 g/mol. The lowest BCUT2D eigenvalue weighted by atomic mass is 10.2. The molecule has 0 bridgehead atoms. The third kappa shape index (κ3) is 4.98. The summed E-state index contributed by atoms with van der Waals surface area (Å²) in [7, 11) is 0. The van der Waals surface area contributed by atoms with Crippen LogP contribution in [0.2, 0.25) is 5.02 Å². The molecule has 0 saturated carbocycles. The molecule has 1 N–H and O–H groups in total. The van der Waals surface area contributed by atoms with Gasteiger partial charge in [0.05, 0.1) is 5.75 Å². The zero-order valence-electron chi connectivity index (χ0n) is 14.3. The van der Waals surface area contributed by atoms with E-state index in [0.717, 1.165) is 35.9 Å². The summed E-state index contributed by atoms with van der Waals surface area (Å²) in [4.78, 5) is 12.0. The van der Waals surface area contributed by atoms with E-state index >= 15 is 0 Å². The highest BCUT2D eigenvalue weighted by Crippen LogP contribution is 2.25. The van der Waals surface area contributed by atoms with Crippen LogP contribution in [0, 0.1) is 0 Å². The van der Waals surface area contributed by atoms with Crippen LogP contribution in [-0.2, 0) is 11.3 Å². The largest absolute Gasteiger partial charge is 0.353 e. The van der Waals surface area contributed by atoms with Crippen molar-refractivity contribution >= 4 is 29.3 Å². The molecule has 1 amide bonds. The van der Waals surface area contributed by atoms with E-state index in [4.69, 9.17) is 11.6 Å². The molecule has 0 unspecified atom stereocenters. The van der Waals surface area contributed by atoms with Crippen molar-refractivity contribution in [3.05, 3.63) is 29.3 Å². The van der Waals surface area contributed by atoms with Crippen molar-refractivity contribution in [2.24, 2.45) is 0 Å². The fourth-order valence-corrected chi connectivity index (χ4v) is 3.38. The Balaban J connectivity index is 2.04. The average Bonchev–Trinajstić information content (AvgIpc) is 2.96. The van der Waals surface area contributed by atoms with Crippen molar-refractivity contribution in [1.82, 2.24) is 20.1 Å². The standard InChI is InChI=1S/C17H23ClN4OS/c1-4-6-12(3)19-15(23)11-24-17-21-20-16(22(17)5-2)13-7-9-14(18)10-8-13/h7-10,12H,4-6,11H2,1-3H3,(H,19,23)/t12-/m1/s1. The zero-order valence-corrected chi connectivity index (χ0v) is 15.8. The molecule has 0 radical (unpaired) electrons. The van der Waals surface area contributed by atoms with Gasteiger partial charge in [-0.05, 0) is 44.5 Å². The summed E-state index contributed by atoms with van der Waals surface area (Å²) in [5.74, 6) is 1.16. The van der Waals surface area contributed by atoms with Crippen LogP contribution in [0.1, 0.15) is 33.6 Å². The Kier molecular flexibility index (Phi) is 7.12. The topological polar surface area (TPSA) is 59.8 Å². The maximum atomic E-state index is 12.0. The highest BCUT2D eigenvalue weighted by Gasteiger charge is 2.15. The Morgan fingerprint density at radius 2 is 2.00 bits per heavy atom. The molecule has 0 spiro atoms. The van der Waals surface area contributed by atoms with E-state index in [9.17, 15) is 4.79 Å². The Labute approximate surface area is 152 Å². The Bertz CT molecular complexity index is 672. The van der Waals surface area contributed by atoms with Crippen molar-refractivity contribution < 1.29 is 4.79 Å². The Hall–Kier alpha value is -1.53. The van der Waals surface area contributed by atoms with Gasteiger partial charge in [0.2, 0.25) is 5.91 Å². The second-order valence-corrected chi connectivity index (χ2v) is 6.98. The summed E-state index contributed by atoms with van der Waals surface area (Å²) in [6, 6.07) is 7.72. The quantitative estimate of drug-likeness (QED) is 0.717. The van der Waals surface area contributed by atoms with Crippen molar-refractivity contribution in [2.45, 2.75) is 51.4 Å². The molecule has 2 rings (SSSR count). The number of aromatic nitrogens is 3. The predicted octanol–water partition coefficient (Wildman–Crippen LogP) is 4.02. The first-order valence-corrected chi connectivity index (χ1v) is 9.52. The molecule has 0 fully saturated rings. The maximum Gasteiger partial charge on any atom is 0.230 e. The number of benzene rings is 1. The first kappa shape index (κ1) is 18.8. The van der Waals surface area contributed by atoms with Gasteiger partial charge in [0.15, 0.2) is 11.0 Å². The van der Waals surface area contributed by atoms with Gasteiger partial charge in [0.1, 0.15) is 0 Å². The lowest BCUT2D eigenvalue weighted by molar-refractivity contribution is -0.119. The number of carbonyl (C=O) groups is 1. The molecule has 1 aromatic heterocycles. The minimum absolute atomic E-state index is 0.0274. The van der Waals surface area contributed by atoms with E-state index < -0.39 is 0 Å². The van der Waals surface area contributed by atoms with Crippen LogP contribution in [0.4, 0.5) is 0 Å². The molecule has 0 aliphatic carbocycles. The van der Waals surface area contributed by atoms with Gasteiger partial charge in [0, 0.05) is 23.2 Å². The predicted molar refractivity (Wildman–Crippen MR) is 99.4 cm³/mol. The van der Waals surface area contributed by atoms with E-state index in [2.05, 4.69) is 22.4 Å². The number of nitrogens with zero attached hydrogens (tertiary/aromatic N) is 3. The fraction of sp³-hybridized carbons (Fsp3) is 0.471. The van der Waals surface area contributed by atoms with E-state index in [-0.39, 0.29) is 11.9 Å². The van der Waals surface area contributed by atoms with Crippen molar-refractivity contribution in [3.8, 4) is 11.4 Å². The van der Waals surface area contributed by atoms with Gasteiger partial charge in [-0.1, -0.05) is 36.7 Å². The van der Waals surface area contributed by atoms with Gasteiger partial charge in [-0.15, -0.1) is 10.2 Å². The molecular formula is C17H23ClN4OS. The van der Waals surface area contributed by atoms with Gasteiger partial charge in [-0.2, -0.15) is 0 Å². The highest BCUT2D eigenvalue weighted by atomic mass is 35.5. The van der Waals surface area contributed by atoms with Gasteiger partial charge in [-0.25, -0.2) is 0 Å². The number of carbonyl (C=O) groups excluding carboxylic acids is 1. The SMILES string of the molecule is CCC[C@@H](C)NC(=O)CSc1nnc(-c2ccc(Cl)cc2)n1CC. The van der Waals surface area contributed by atoms with Crippen LogP contribution in [0.3, 0.4) is 0 Å². The van der Waals surface area contributed by atoms with Crippen molar-refractivity contribution in [2.75, 3.05) is 5.75 Å². The number of halogens is 1. The fourth-order valence-electron chi connectivity index (χ4n) is 2.44. The summed E-state index contributed by atoms with van der Waals surface area (Å²) in [6.45, 7) is 6.91. The first-order valence-electron chi connectivity index (χ1n) is 8.16. The number of rotatable bonds is 8. The van der Waals surface area contributed by atoms with Crippen molar-refractivity contribution in [1.29, 1.82) is 0 Å². The minimum atomic E-state index is 0.0274. The van der Waals surface area contributed by atoms with Gasteiger partial charge in [-0.3, -0.25) is 4.79 Å². The van der Waals surface area contributed by atoms with E-state index in [1.54, 1.807) is 0 Å².